The first-order chi connectivity index (χ1) is 10.1. The SMILES string of the molecule is NC(=O)/C(=C\c1ccccc1)NC(=O)c1ccccc1Cl. The van der Waals surface area contributed by atoms with Gasteiger partial charge in [-0.15, -0.1) is 0 Å². The second kappa shape index (κ2) is 6.72. The third-order valence-corrected chi connectivity index (χ3v) is 3.07. The number of nitrogens with two attached hydrogens (primary N) is 1. The van der Waals surface area contributed by atoms with Gasteiger partial charge in [0.15, 0.2) is 0 Å². The van der Waals surface area contributed by atoms with Gasteiger partial charge in [0.2, 0.25) is 0 Å². The summed E-state index contributed by atoms with van der Waals surface area (Å²) >= 11 is 5.95. The number of amides is 2. The van der Waals surface area contributed by atoms with Gasteiger partial charge in [-0.05, 0) is 23.8 Å². The molecule has 21 heavy (non-hydrogen) atoms. The van der Waals surface area contributed by atoms with Gasteiger partial charge in [0.05, 0.1) is 10.6 Å². The van der Waals surface area contributed by atoms with Gasteiger partial charge in [-0.25, -0.2) is 0 Å². The molecule has 4 nitrogen and oxygen atoms in total. The van der Waals surface area contributed by atoms with E-state index in [1.165, 1.54) is 6.08 Å². The van der Waals surface area contributed by atoms with Crippen molar-refractivity contribution < 1.29 is 9.59 Å². The Bertz CT molecular complexity index is 696. The minimum absolute atomic E-state index is 0.00567. The Morgan fingerprint density at radius 1 is 1.00 bits per heavy atom. The first kappa shape index (κ1) is 14.8. The fourth-order valence-electron chi connectivity index (χ4n) is 1.72. The van der Waals surface area contributed by atoms with E-state index in [1.807, 2.05) is 18.2 Å². The molecular formula is C16H13ClN2O2. The molecule has 2 aromatic carbocycles. The Morgan fingerprint density at radius 3 is 2.24 bits per heavy atom. The van der Waals surface area contributed by atoms with Gasteiger partial charge in [0.25, 0.3) is 11.8 Å². The van der Waals surface area contributed by atoms with Crippen LogP contribution in [-0.2, 0) is 4.79 Å². The van der Waals surface area contributed by atoms with E-state index >= 15 is 0 Å². The first-order valence-electron chi connectivity index (χ1n) is 6.20. The van der Waals surface area contributed by atoms with Crippen molar-refractivity contribution in [1.29, 1.82) is 0 Å². The van der Waals surface area contributed by atoms with Gasteiger partial charge in [0.1, 0.15) is 5.70 Å². The quantitative estimate of drug-likeness (QED) is 0.852. The minimum atomic E-state index is -0.723. The monoisotopic (exact) mass is 300 g/mol. The molecule has 0 saturated heterocycles. The molecule has 5 heteroatoms. The second-order valence-corrected chi connectivity index (χ2v) is 4.67. The molecule has 3 N–H and O–H groups in total. The third-order valence-electron chi connectivity index (χ3n) is 2.74. The van der Waals surface area contributed by atoms with Crippen molar-refractivity contribution in [2.24, 2.45) is 5.73 Å². The molecule has 0 aromatic heterocycles. The molecule has 0 heterocycles. The molecule has 0 aliphatic carbocycles. The molecule has 106 valence electrons. The Hall–Kier alpha value is -2.59. The number of halogens is 1. The molecule has 0 aliphatic rings. The summed E-state index contributed by atoms with van der Waals surface area (Å²) in [7, 11) is 0. The third kappa shape index (κ3) is 3.94. The lowest BCUT2D eigenvalue weighted by Gasteiger charge is -2.08. The molecule has 2 aromatic rings. The molecule has 0 spiro atoms. The maximum atomic E-state index is 12.1. The van der Waals surface area contributed by atoms with E-state index in [4.69, 9.17) is 17.3 Å². The topological polar surface area (TPSA) is 72.2 Å². The molecule has 0 radical (unpaired) electrons. The van der Waals surface area contributed by atoms with Crippen molar-refractivity contribution in [2.45, 2.75) is 0 Å². The van der Waals surface area contributed by atoms with E-state index < -0.39 is 11.8 Å². The summed E-state index contributed by atoms with van der Waals surface area (Å²) in [6, 6.07) is 15.7. The summed E-state index contributed by atoms with van der Waals surface area (Å²) < 4.78 is 0. The molecule has 0 unspecified atom stereocenters. The fraction of sp³-hybridized carbons (Fsp3) is 0. The average Bonchev–Trinajstić information content (AvgIpc) is 2.48. The molecule has 0 bridgehead atoms. The van der Waals surface area contributed by atoms with Crippen molar-refractivity contribution in [2.75, 3.05) is 0 Å². The summed E-state index contributed by atoms with van der Waals surface area (Å²) in [5.41, 5.74) is 6.33. The van der Waals surface area contributed by atoms with E-state index in [0.717, 1.165) is 5.56 Å². The van der Waals surface area contributed by atoms with Crippen LogP contribution < -0.4 is 11.1 Å². The van der Waals surface area contributed by atoms with Gasteiger partial charge in [-0.1, -0.05) is 54.1 Å². The van der Waals surface area contributed by atoms with E-state index in [1.54, 1.807) is 36.4 Å². The maximum Gasteiger partial charge on any atom is 0.265 e. The summed E-state index contributed by atoms with van der Waals surface area (Å²) in [6.07, 6.45) is 1.51. The standard InChI is InChI=1S/C16H13ClN2O2/c17-13-9-5-4-8-12(13)16(21)19-14(15(18)20)10-11-6-2-1-3-7-11/h1-10H,(H2,18,20)(H,19,21)/b14-10+. The predicted octanol–water partition coefficient (Wildman–Crippen LogP) is 2.60. The fourth-order valence-corrected chi connectivity index (χ4v) is 1.94. The smallest absolute Gasteiger partial charge is 0.265 e. The molecule has 0 fully saturated rings. The molecule has 2 amide bonds. The van der Waals surface area contributed by atoms with E-state index in [-0.39, 0.29) is 11.3 Å². The van der Waals surface area contributed by atoms with Crippen molar-refractivity contribution in [3.05, 3.63) is 76.4 Å². The Balaban J connectivity index is 2.26. The van der Waals surface area contributed by atoms with Crippen LogP contribution in [0.2, 0.25) is 5.02 Å². The van der Waals surface area contributed by atoms with Crippen molar-refractivity contribution >= 4 is 29.5 Å². The van der Waals surface area contributed by atoms with E-state index in [2.05, 4.69) is 5.32 Å². The molecule has 0 saturated carbocycles. The van der Waals surface area contributed by atoms with Crippen LogP contribution in [0.1, 0.15) is 15.9 Å². The van der Waals surface area contributed by atoms with Crippen LogP contribution in [0.5, 0.6) is 0 Å². The molecule has 0 aliphatic heterocycles. The zero-order valence-corrected chi connectivity index (χ0v) is 11.8. The van der Waals surface area contributed by atoms with Gasteiger partial charge in [-0.2, -0.15) is 0 Å². The van der Waals surface area contributed by atoms with Crippen LogP contribution in [0, 0.1) is 0 Å². The number of carbonyl (C=O) groups excluding carboxylic acids is 2. The second-order valence-electron chi connectivity index (χ2n) is 4.27. The predicted molar refractivity (Wildman–Crippen MR) is 82.5 cm³/mol. The number of carbonyl (C=O) groups is 2. The zero-order valence-electron chi connectivity index (χ0n) is 11.0. The van der Waals surface area contributed by atoms with Gasteiger partial charge >= 0.3 is 0 Å². The van der Waals surface area contributed by atoms with Gasteiger partial charge in [0, 0.05) is 0 Å². The average molecular weight is 301 g/mol. The zero-order chi connectivity index (χ0) is 15.2. The lowest BCUT2D eigenvalue weighted by atomic mass is 10.1. The van der Waals surface area contributed by atoms with Crippen LogP contribution in [0.4, 0.5) is 0 Å². The number of benzene rings is 2. The highest BCUT2D eigenvalue weighted by Gasteiger charge is 2.14. The van der Waals surface area contributed by atoms with Crippen LogP contribution >= 0.6 is 11.6 Å². The summed E-state index contributed by atoms with van der Waals surface area (Å²) in [5.74, 6) is -1.21. The van der Waals surface area contributed by atoms with Crippen LogP contribution in [0.25, 0.3) is 6.08 Å². The number of hydrogen-bond acceptors (Lipinski definition) is 2. The summed E-state index contributed by atoms with van der Waals surface area (Å²) in [5, 5.41) is 2.79. The van der Waals surface area contributed by atoms with E-state index in [0.29, 0.717) is 5.02 Å². The minimum Gasteiger partial charge on any atom is -0.364 e. The Labute approximate surface area is 127 Å². The van der Waals surface area contributed by atoms with Crippen LogP contribution in [0.3, 0.4) is 0 Å². The number of nitrogens with one attached hydrogen (secondary N) is 1. The number of rotatable bonds is 4. The maximum absolute atomic E-state index is 12.1. The largest absolute Gasteiger partial charge is 0.364 e. The van der Waals surface area contributed by atoms with Gasteiger partial charge in [-0.3, -0.25) is 9.59 Å². The normalized spacial score (nSPS) is 11.0. The Kier molecular flexibility index (Phi) is 4.74. The van der Waals surface area contributed by atoms with E-state index in [9.17, 15) is 9.59 Å². The van der Waals surface area contributed by atoms with Crippen LogP contribution in [-0.4, -0.2) is 11.8 Å². The number of hydrogen-bond donors (Lipinski definition) is 2. The lowest BCUT2D eigenvalue weighted by Crippen LogP contribution is -2.31. The van der Waals surface area contributed by atoms with Crippen molar-refractivity contribution in [1.82, 2.24) is 5.32 Å². The lowest BCUT2D eigenvalue weighted by molar-refractivity contribution is -0.114. The highest BCUT2D eigenvalue weighted by Crippen LogP contribution is 2.15. The summed E-state index contributed by atoms with van der Waals surface area (Å²) in [4.78, 5) is 23.6. The molecular weight excluding hydrogens is 288 g/mol. The van der Waals surface area contributed by atoms with Gasteiger partial charge < -0.3 is 11.1 Å². The van der Waals surface area contributed by atoms with Crippen molar-refractivity contribution in [3.8, 4) is 0 Å². The molecule has 2 rings (SSSR count). The molecule has 0 atom stereocenters. The highest BCUT2D eigenvalue weighted by atomic mass is 35.5. The first-order valence-corrected chi connectivity index (χ1v) is 6.58. The Morgan fingerprint density at radius 2 is 1.62 bits per heavy atom. The number of primary amides is 1. The summed E-state index contributed by atoms with van der Waals surface area (Å²) in [6.45, 7) is 0. The highest BCUT2D eigenvalue weighted by molar-refractivity contribution is 6.34. The van der Waals surface area contributed by atoms with Crippen molar-refractivity contribution in [3.63, 3.8) is 0 Å². The van der Waals surface area contributed by atoms with Crippen LogP contribution in [0.15, 0.2) is 60.3 Å².